The molecular weight excluding hydrogens is 222 g/mol. The number of pyridine rings is 1. The molecule has 0 aromatic carbocycles. The molecule has 0 radical (unpaired) electrons. The number of nitrogens with one attached hydrogen (secondary N) is 1. The monoisotopic (exact) mass is 233 g/mol. The summed E-state index contributed by atoms with van der Waals surface area (Å²) >= 11 is 0. The van der Waals surface area contributed by atoms with Gasteiger partial charge in [0.1, 0.15) is 0 Å². The quantitative estimate of drug-likeness (QED) is 0.769. The summed E-state index contributed by atoms with van der Waals surface area (Å²) in [5, 5.41) is 2.75. The van der Waals surface area contributed by atoms with E-state index in [4.69, 9.17) is 0 Å². The maximum atomic E-state index is 11.7. The number of carbonyl (C=O) groups is 1. The summed E-state index contributed by atoms with van der Waals surface area (Å²) in [4.78, 5) is 27.1. The minimum absolute atomic E-state index is 0.195. The standard InChI is InChI=1S/C11H11N3O3/c1-14-10(15)8(6-13-14)9-5-7(3-4-12-9)11(16)17-2/h3-6,13H,1-2H3. The first-order valence-corrected chi connectivity index (χ1v) is 4.92. The molecule has 0 bridgehead atoms. The zero-order chi connectivity index (χ0) is 12.4. The summed E-state index contributed by atoms with van der Waals surface area (Å²) in [6.45, 7) is 0. The van der Waals surface area contributed by atoms with Crippen LogP contribution in [-0.4, -0.2) is 27.8 Å². The van der Waals surface area contributed by atoms with Gasteiger partial charge in [0.2, 0.25) is 0 Å². The molecule has 2 heterocycles. The fourth-order valence-corrected chi connectivity index (χ4v) is 1.47. The van der Waals surface area contributed by atoms with E-state index in [2.05, 4.69) is 14.8 Å². The van der Waals surface area contributed by atoms with Crippen molar-refractivity contribution in [1.82, 2.24) is 14.8 Å². The zero-order valence-corrected chi connectivity index (χ0v) is 9.43. The minimum atomic E-state index is -0.457. The van der Waals surface area contributed by atoms with Crippen LogP contribution in [0, 0.1) is 0 Å². The molecule has 2 aromatic rings. The second-order valence-electron chi connectivity index (χ2n) is 3.47. The molecule has 0 saturated heterocycles. The van der Waals surface area contributed by atoms with Gasteiger partial charge in [0.15, 0.2) is 0 Å². The first-order chi connectivity index (χ1) is 8.13. The van der Waals surface area contributed by atoms with Crippen LogP contribution in [0.15, 0.2) is 29.3 Å². The van der Waals surface area contributed by atoms with Gasteiger partial charge < -0.3 is 9.84 Å². The first-order valence-electron chi connectivity index (χ1n) is 4.92. The number of rotatable bonds is 2. The van der Waals surface area contributed by atoms with E-state index in [1.165, 1.54) is 30.1 Å². The SMILES string of the molecule is COC(=O)c1ccnc(-c2c[nH]n(C)c2=O)c1. The van der Waals surface area contributed by atoms with E-state index in [0.29, 0.717) is 16.8 Å². The van der Waals surface area contributed by atoms with Crippen LogP contribution in [0.5, 0.6) is 0 Å². The molecule has 6 nitrogen and oxygen atoms in total. The lowest BCUT2D eigenvalue weighted by Crippen LogP contribution is -2.13. The van der Waals surface area contributed by atoms with Crippen molar-refractivity contribution >= 4 is 5.97 Å². The van der Waals surface area contributed by atoms with Gasteiger partial charge in [0, 0.05) is 19.4 Å². The summed E-state index contributed by atoms with van der Waals surface area (Å²) in [5.74, 6) is -0.457. The van der Waals surface area contributed by atoms with Crippen LogP contribution in [0.4, 0.5) is 0 Å². The Labute approximate surface area is 96.8 Å². The highest BCUT2D eigenvalue weighted by atomic mass is 16.5. The molecule has 17 heavy (non-hydrogen) atoms. The molecule has 2 rings (SSSR count). The number of methoxy groups -OCH3 is 1. The summed E-state index contributed by atoms with van der Waals surface area (Å²) in [7, 11) is 2.91. The Hall–Kier alpha value is -2.37. The molecule has 1 N–H and O–H groups in total. The number of aromatic nitrogens is 3. The average molecular weight is 233 g/mol. The maximum Gasteiger partial charge on any atom is 0.337 e. The second-order valence-corrected chi connectivity index (χ2v) is 3.47. The highest BCUT2D eigenvalue weighted by Gasteiger charge is 2.11. The fraction of sp³-hybridized carbons (Fsp3) is 0.182. The van der Waals surface area contributed by atoms with Crippen LogP contribution in [-0.2, 0) is 11.8 Å². The van der Waals surface area contributed by atoms with Gasteiger partial charge in [-0.3, -0.25) is 14.5 Å². The van der Waals surface area contributed by atoms with Crippen molar-refractivity contribution in [3.05, 3.63) is 40.4 Å². The van der Waals surface area contributed by atoms with Crippen LogP contribution in [0.2, 0.25) is 0 Å². The Morgan fingerprint density at radius 2 is 2.29 bits per heavy atom. The van der Waals surface area contributed by atoms with E-state index >= 15 is 0 Å². The lowest BCUT2D eigenvalue weighted by molar-refractivity contribution is 0.0600. The molecule has 0 aliphatic rings. The molecule has 0 spiro atoms. The number of nitrogens with zero attached hydrogens (tertiary/aromatic N) is 2. The predicted molar refractivity (Wildman–Crippen MR) is 60.6 cm³/mol. The summed E-state index contributed by atoms with van der Waals surface area (Å²) in [5.41, 5.74) is 1.02. The van der Waals surface area contributed by atoms with Gasteiger partial charge in [0.05, 0.1) is 23.9 Å². The number of esters is 1. The van der Waals surface area contributed by atoms with Crippen molar-refractivity contribution < 1.29 is 9.53 Å². The highest BCUT2D eigenvalue weighted by Crippen LogP contribution is 2.13. The van der Waals surface area contributed by atoms with Crippen molar-refractivity contribution in [3.63, 3.8) is 0 Å². The Morgan fingerprint density at radius 1 is 1.53 bits per heavy atom. The van der Waals surface area contributed by atoms with Crippen LogP contribution in [0.1, 0.15) is 10.4 Å². The number of hydrogen-bond acceptors (Lipinski definition) is 4. The third kappa shape index (κ3) is 1.96. The van der Waals surface area contributed by atoms with Crippen molar-refractivity contribution in [3.8, 4) is 11.3 Å². The van der Waals surface area contributed by atoms with Crippen molar-refractivity contribution in [2.24, 2.45) is 7.05 Å². The van der Waals surface area contributed by atoms with Crippen molar-refractivity contribution in [2.45, 2.75) is 0 Å². The molecule has 0 saturated carbocycles. The Kier molecular flexibility index (Phi) is 2.78. The molecule has 0 aliphatic carbocycles. The van der Waals surface area contributed by atoms with Crippen molar-refractivity contribution in [2.75, 3.05) is 7.11 Å². The lowest BCUT2D eigenvalue weighted by Gasteiger charge is -2.00. The number of aryl methyl sites for hydroxylation is 1. The van der Waals surface area contributed by atoms with Gasteiger partial charge in [-0.2, -0.15) is 0 Å². The molecule has 6 heteroatoms. The normalized spacial score (nSPS) is 10.2. The highest BCUT2D eigenvalue weighted by molar-refractivity contribution is 5.90. The number of ether oxygens (including phenoxy) is 1. The van der Waals surface area contributed by atoms with Crippen LogP contribution < -0.4 is 5.56 Å². The van der Waals surface area contributed by atoms with E-state index in [1.807, 2.05) is 0 Å². The average Bonchev–Trinajstić information content (AvgIpc) is 2.69. The largest absolute Gasteiger partial charge is 0.465 e. The van der Waals surface area contributed by atoms with E-state index in [-0.39, 0.29) is 5.56 Å². The Bertz CT molecular complexity index is 612. The van der Waals surface area contributed by atoms with Gasteiger partial charge in [-0.05, 0) is 12.1 Å². The number of carbonyl (C=O) groups excluding carboxylic acids is 1. The van der Waals surface area contributed by atoms with E-state index in [1.54, 1.807) is 13.2 Å². The maximum absolute atomic E-state index is 11.7. The third-order valence-electron chi connectivity index (χ3n) is 2.39. The number of hydrogen-bond donors (Lipinski definition) is 1. The van der Waals surface area contributed by atoms with E-state index in [0.717, 1.165) is 0 Å². The lowest BCUT2D eigenvalue weighted by atomic mass is 10.1. The van der Waals surface area contributed by atoms with Crippen molar-refractivity contribution in [1.29, 1.82) is 0 Å². The number of H-pyrrole nitrogens is 1. The molecule has 0 amide bonds. The summed E-state index contributed by atoms with van der Waals surface area (Å²) in [6.07, 6.45) is 3.01. The van der Waals surface area contributed by atoms with Crippen LogP contribution in [0.3, 0.4) is 0 Å². The molecule has 2 aromatic heterocycles. The van der Waals surface area contributed by atoms with Gasteiger partial charge in [0.25, 0.3) is 5.56 Å². The van der Waals surface area contributed by atoms with Gasteiger partial charge in [-0.25, -0.2) is 4.79 Å². The van der Waals surface area contributed by atoms with Gasteiger partial charge in [-0.15, -0.1) is 0 Å². The minimum Gasteiger partial charge on any atom is -0.465 e. The molecule has 88 valence electrons. The van der Waals surface area contributed by atoms with Gasteiger partial charge >= 0.3 is 5.97 Å². The second kappa shape index (κ2) is 4.25. The Morgan fingerprint density at radius 3 is 2.88 bits per heavy atom. The smallest absolute Gasteiger partial charge is 0.337 e. The molecule has 0 fully saturated rings. The summed E-state index contributed by atoms with van der Waals surface area (Å²) in [6, 6.07) is 3.06. The first kappa shape index (κ1) is 11.1. The molecule has 0 atom stereocenters. The molecular formula is C11H11N3O3. The third-order valence-corrected chi connectivity index (χ3v) is 2.39. The van der Waals surface area contributed by atoms with E-state index < -0.39 is 5.97 Å². The van der Waals surface area contributed by atoms with Crippen LogP contribution in [0.25, 0.3) is 11.3 Å². The molecule has 0 unspecified atom stereocenters. The van der Waals surface area contributed by atoms with Crippen LogP contribution >= 0.6 is 0 Å². The fourth-order valence-electron chi connectivity index (χ4n) is 1.47. The van der Waals surface area contributed by atoms with E-state index in [9.17, 15) is 9.59 Å². The molecule has 0 aliphatic heterocycles. The summed E-state index contributed by atoms with van der Waals surface area (Å²) < 4.78 is 5.94. The zero-order valence-electron chi connectivity index (χ0n) is 9.43. The van der Waals surface area contributed by atoms with Gasteiger partial charge in [-0.1, -0.05) is 0 Å². The Balaban J connectivity index is 2.50. The number of aromatic amines is 1. The predicted octanol–water partition coefficient (Wildman–Crippen LogP) is 0.562. The topological polar surface area (TPSA) is 77.0 Å².